The van der Waals surface area contributed by atoms with Gasteiger partial charge in [0, 0.05) is 17.3 Å². The third-order valence-corrected chi connectivity index (χ3v) is 4.48. The van der Waals surface area contributed by atoms with Crippen molar-refractivity contribution >= 4 is 27.5 Å². The van der Waals surface area contributed by atoms with Crippen molar-refractivity contribution in [3.05, 3.63) is 77.1 Å². The lowest BCUT2D eigenvalue weighted by atomic mass is 10.1. The van der Waals surface area contributed by atoms with Crippen molar-refractivity contribution in [2.45, 2.75) is 6.92 Å². The Morgan fingerprint density at radius 3 is 2.72 bits per heavy atom. The van der Waals surface area contributed by atoms with Crippen molar-refractivity contribution in [2.75, 3.05) is 0 Å². The van der Waals surface area contributed by atoms with E-state index in [0.717, 1.165) is 22.2 Å². The van der Waals surface area contributed by atoms with E-state index in [9.17, 15) is 4.79 Å². The van der Waals surface area contributed by atoms with Crippen molar-refractivity contribution < 1.29 is 0 Å². The van der Waals surface area contributed by atoms with Gasteiger partial charge in [-0.15, -0.1) is 0 Å². The molecule has 3 aromatic heterocycles. The van der Waals surface area contributed by atoms with E-state index in [1.165, 1.54) is 6.33 Å². The van der Waals surface area contributed by atoms with Crippen LogP contribution in [0.25, 0.3) is 33.1 Å². The molecule has 6 heteroatoms. The molecule has 120 valence electrons. The molecule has 0 saturated carbocycles. The highest BCUT2D eigenvalue weighted by atomic mass is 16.1. The van der Waals surface area contributed by atoms with E-state index >= 15 is 0 Å². The Kier molecular flexibility index (Phi) is 2.76. The fourth-order valence-corrected chi connectivity index (χ4v) is 3.35. The molecule has 0 fully saturated rings. The molecule has 0 aliphatic rings. The van der Waals surface area contributed by atoms with Crippen molar-refractivity contribution in [2.24, 2.45) is 0 Å². The minimum absolute atomic E-state index is 0.115. The van der Waals surface area contributed by atoms with E-state index < -0.39 is 0 Å². The first kappa shape index (κ1) is 13.9. The topological polar surface area (TPSA) is 65.1 Å². The van der Waals surface area contributed by atoms with Crippen LogP contribution in [0.4, 0.5) is 0 Å². The molecule has 0 amide bonds. The highest BCUT2D eigenvalue weighted by Crippen LogP contribution is 2.23. The number of aryl methyl sites for hydroxylation is 1. The van der Waals surface area contributed by atoms with E-state index in [-0.39, 0.29) is 5.56 Å². The van der Waals surface area contributed by atoms with Crippen LogP contribution in [0, 0.1) is 6.92 Å². The molecule has 3 heterocycles. The molecule has 0 saturated heterocycles. The lowest BCUT2D eigenvalue weighted by molar-refractivity contribution is 0.931. The predicted octanol–water partition coefficient (Wildman–Crippen LogP) is 2.89. The van der Waals surface area contributed by atoms with Crippen LogP contribution in [0.3, 0.4) is 0 Å². The van der Waals surface area contributed by atoms with Crippen LogP contribution < -0.4 is 5.56 Å². The van der Waals surface area contributed by atoms with Crippen molar-refractivity contribution in [3.8, 4) is 5.69 Å². The summed E-state index contributed by atoms with van der Waals surface area (Å²) in [5.74, 6) is 0.481. The standard InChI is InChI=1S/C19H13N5O/c1-12-9-17-15(10-20-19-21-11-22-24(17)19)18(25)23(12)16-8-4-6-13-5-2-3-7-14(13)16/h2-11H,1H3. The lowest BCUT2D eigenvalue weighted by Gasteiger charge is -2.14. The van der Waals surface area contributed by atoms with Gasteiger partial charge < -0.3 is 0 Å². The first-order valence-corrected chi connectivity index (χ1v) is 7.93. The molecule has 25 heavy (non-hydrogen) atoms. The second kappa shape index (κ2) is 4.98. The number of fused-ring (bicyclic) bond motifs is 4. The first-order valence-electron chi connectivity index (χ1n) is 7.93. The number of pyridine rings is 1. The second-order valence-corrected chi connectivity index (χ2v) is 5.95. The summed E-state index contributed by atoms with van der Waals surface area (Å²) >= 11 is 0. The summed E-state index contributed by atoms with van der Waals surface area (Å²) in [6.45, 7) is 1.92. The Morgan fingerprint density at radius 1 is 0.960 bits per heavy atom. The third-order valence-electron chi connectivity index (χ3n) is 4.48. The van der Waals surface area contributed by atoms with Gasteiger partial charge in [0.15, 0.2) is 0 Å². The molecule has 5 rings (SSSR count). The zero-order valence-electron chi connectivity index (χ0n) is 13.4. The van der Waals surface area contributed by atoms with Gasteiger partial charge in [0.05, 0.1) is 16.6 Å². The number of benzene rings is 2. The largest absolute Gasteiger partial charge is 0.280 e. The average Bonchev–Trinajstić information content (AvgIpc) is 3.11. The van der Waals surface area contributed by atoms with Crippen LogP contribution in [-0.4, -0.2) is 24.1 Å². The predicted molar refractivity (Wildman–Crippen MR) is 96.1 cm³/mol. The smallest absolute Gasteiger partial charge is 0.266 e. The maximum absolute atomic E-state index is 13.2. The van der Waals surface area contributed by atoms with Crippen molar-refractivity contribution in [3.63, 3.8) is 0 Å². The summed E-state index contributed by atoms with van der Waals surface area (Å²) in [6.07, 6.45) is 3.01. The molecule has 0 unspecified atom stereocenters. The molecular weight excluding hydrogens is 314 g/mol. The van der Waals surface area contributed by atoms with E-state index in [1.807, 2.05) is 55.5 Å². The molecule has 0 N–H and O–H groups in total. The molecule has 0 aliphatic carbocycles. The Morgan fingerprint density at radius 2 is 1.80 bits per heavy atom. The van der Waals surface area contributed by atoms with E-state index in [1.54, 1.807) is 15.3 Å². The average molecular weight is 327 g/mol. The zero-order chi connectivity index (χ0) is 17.0. The Hall–Kier alpha value is -3.54. The molecule has 0 spiro atoms. The zero-order valence-corrected chi connectivity index (χ0v) is 13.4. The normalized spacial score (nSPS) is 11.6. The highest BCUT2D eigenvalue weighted by Gasteiger charge is 2.14. The molecule has 6 nitrogen and oxygen atoms in total. The molecule has 0 radical (unpaired) electrons. The minimum Gasteiger partial charge on any atom is -0.280 e. The van der Waals surface area contributed by atoms with Crippen molar-refractivity contribution in [1.82, 2.24) is 24.1 Å². The van der Waals surface area contributed by atoms with Gasteiger partial charge in [-0.2, -0.15) is 14.6 Å². The Bertz CT molecular complexity index is 1330. The van der Waals surface area contributed by atoms with Gasteiger partial charge >= 0.3 is 0 Å². The summed E-state index contributed by atoms with van der Waals surface area (Å²) in [7, 11) is 0. The summed E-state index contributed by atoms with van der Waals surface area (Å²) in [4.78, 5) is 21.5. The van der Waals surface area contributed by atoms with Crippen LogP contribution in [0.2, 0.25) is 0 Å². The quantitative estimate of drug-likeness (QED) is 0.475. The van der Waals surface area contributed by atoms with E-state index in [2.05, 4.69) is 15.1 Å². The summed E-state index contributed by atoms with van der Waals surface area (Å²) in [5.41, 5.74) is 2.29. The van der Waals surface area contributed by atoms with Gasteiger partial charge in [-0.25, -0.2) is 4.98 Å². The molecular formula is C19H13N5O. The number of hydrogen-bond acceptors (Lipinski definition) is 4. The third kappa shape index (κ3) is 1.91. The Labute approximate surface area is 142 Å². The van der Waals surface area contributed by atoms with Gasteiger partial charge in [0.2, 0.25) is 0 Å². The van der Waals surface area contributed by atoms with Crippen LogP contribution in [0.1, 0.15) is 5.69 Å². The fourth-order valence-electron chi connectivity index (χ4n) is 3.35. The van der Waals surface area contributed by atoms with Crippen molar-refractivity contribution in [1.29, 1.82) is 0 Å². The molecule has 0 atom stereocenters. The fraction of sp³-hybridized carbons (Fsp3) is 0.0526. The van der Waals surface area contributed by atoms with E-state index in [4.69, 9.17) is 0 Å². The number of hydrogen-bond donors (Lipinski definition) is 0. The van der Waals surface area contributed by atoms with Crippen LogP contribution in [0.5, 0.6) is 0 Å². The maximum Gasteiger partial charge on any atom is 0.266 e. The van der Waals surface area contributed by atoms with Crippen LogP contribution in [-0.2, 0) is 0 Å². The number of aromatic nitrogens is 5. The summed E-state index contributed by atoms with van der Waals surface area (Å²) in [5, 5.41) is 6.81. The number of rotatable bonds is 1. The first-order chi connectivity index (χ1) is 12.2. The van der Waals surface area contributed by atoms with Gasteiger partial charge in [-0.1, -0.05) is 36.4 Å². The molecule has 2 aromatic carbocycles. The minimum atomic E-state index is -0.115. The highest BCUT2D eigenvalue weighted by molar-refractivity contribution is 5.91. The monoisotopic (exact) mass is 327 g/mol. The van der Waals surface area contributed by atoms with Crippen LogP contribution in [0.15, 0.2) is 65.8 Å². The SMILES string of the molecule is Cc1cc2c(cnc3ncnn32)c(=O)n1-c1cccc2ccccc12. The van der Waals surface area contributed by atoms with Gasteiger partial charge in [-0.3, -0.25) is 9.36 Å². The summed E-state index contributed by atoms with van der Waals surface area (Å²) in [6, 6.07) is 16.0. The number of nitrogens with zero attached hydrogens (tertiary/aromatic N) is 5. The molecule has 0 bridgehead atoms. The second-order valence-electron chi connectivity index (χ2n) is 5.95. The molecule has 0 aliphatic heterocycles. The van der Waals surface area contributed by atoms with Gasteiger partial charge in [0.1, 0.15) is 6.33 Å². The maximum atomic E-state index is 13.2. The van der Waals surface area contributed by atoms with E-state index in [0.29, 0.717) is 16.7 Å². The van der Waals surface area contributed by atoms with Gasteiger partial charge in [-0.05, 0) is 24.4 Å². The Balaban J connectivity index is 1.93. The molecule has 5 aromatic rings. The lowest BCUT2D eigenvalue weighted by Crippen LogP contribution is -2.22. The summed E-state index contributed by atoms with van der Waals surface area (Å²) < 4.78 is 3.33. The van der Waals surface area contributed by atoms with Gasteiger partial charge in [0.25, 0.3) is 11.3 Å². The van der Waals surface area contributed by atoms with Crippen LogP contribution >= 0.6 is 0 Å².